The molecule has 0 bridgehead atoms. The van der Waals surface area contributed by atoms with Crippen LogP contribution in [0.3, 0.4) is 0 Å². The van der Waals surface area contributed by atoms with Gasteiger partial charge < -0.3 is 0 Å². The lowest BCUT2D eigenvalue weighted by atomic mass is 9.91. The maximum Gasteiger partial charge on any atom is -0.0162 e. The van der Waals surface area contributed by atoms with E-state index in [1.54, 1.807) is 0 Å². The van der Waals surface area contributed by atoms with Crippen LogP contribution in [0.1, 0.15) is 50.5 Å². The minimum atomic E-state index is 0.669. The third-order valence-electron chi connectivity index (χ3n) is 2.78. The van der Waals surface area contributed by atoms with Crippen LogP contribution in [0.15, 0.2) is 30.3 Å². The second kappa shape index (κ2) is 6.64. The molecule has 0 saturated heterocycles. The van der Waals surface area contributed by atoms with Crippen molar-refractivity contribution in [1.29, 1.82) is 0 Å². The van der Waals surface area contributed by atoms with Crippen molar-refractivity contribution < 1.29 is 0 Å². The number of unbranched alkanes of at least 4 members (excludes halogenated alkanes) is 2. The SMILES string of the molecule is [CH2]CC(CCCCC)c1ccccc1. The quantitative estimate of drug-likeness (QED) is 0.575. The second-order valence-electron chi connectivity index (χ2n) is 3.89. The number of benzene rings is 1. The highest BCUT2D eigenvalue weighted by Crippen LogP contribution is 2.24. The first-order chi connectivity index (χ1) is 6.88. The van der Waals surface area contributed by atoms with E-state index in [0.717, 1.165) is 6.42 Å². The van der Waals surface area contributed by atoms with Gasteiger partial charge >= 0.3 is 0 Å². The third kappa shape index (κ3) is 3.53. The first-order valence-electron chi connectivity index (χ1n) is 5.72. The van der Waals surface area contributed by atoms with E-state index in [1.165, 1.54) is 31.2 Å². The predicted octanol–water partition coefficient (Wildman–Crippen LogP) is 4.57. The lowest BCUT2D eigenvalue weighted by Gasteiger charge is -2.14. The van der Waals surface area contributed by atoms with Crippen molar-refractivity contribution in [2.24, 2.45) is 0 Å². The molecule has 1 atom stereocenters. The van der Waals surface area contributed by atoms with Gasteiger partial charge in [-0.25, -0.2) is 0 Å². The summed E-state index contributed by atoms with van der Waals surface area (Å²) >= 11 is 0. The van der Waals surface area contributed by atoms with E-state index in [0.29, 0.717) is 5.92 Å². The zero-order chi connectivity index (χ0) is 10.2. The number of rotatable bonds is 6. The largest absolute Gasteiger partial charge is 0.0654 e. The van der Waals surface area contributed by atoms with Crippen LogP contribution in [-0.4, -0.2) is 0 Å². The van der Waals surface area contributed by atoms with Crippen LogP contribution in [0, 0.1) is 6.92 Å². The molecular formula is C14H21. The van der Waals surface area contributed by atoms with Crippen LogP contribution in [0.4, 0.5) is 0 Å². The number of hydrogen-bond acceptors (Lipinski definition) is 0. The van der Waals surface area contributed by atoms with Gasteiger partial charge in [0.1, 0.15) is 0 Å². The minimum Gasteiger partial charge on any atom is -0.0654 e. The van der Waals surface area contributed by atoms with Crippen molar-refractivity contribution in [1.82, 2.24) is 0 Å². The van der Waals surface area contributed by atoms with Gasteiger partial charge in [-0.3, -0.25) is 0 Å². The van der Waals surface area contributed by atoms with Gasteiger partial charge in [0, 0.05) is 0 Å². The van der Waals surface area contributed by atoms with Crippen molar-refractivity contribution in [2.45, 2.75) is 44.9 Å². The molecule has 0 fully saturated rings. The first-order valence-corrected chi connectivity index (χ1v) is 5.72. The van der Waals surface area contributed by atoms with Crippen molar-refractivity contribution in [3.05, 3.63) is 42.8 Å². The van der Waals surface area contributed by atoms with Gasteiger partial charge in [-0.05, 0) is 24.3 Å². The van der Waals surface area contributed by atoms with Crippen molar-refractivity contribution in [3.63, 3.8) is 0 Å². The summed E-state index contributed by atoms with van der Waals surface area (Å²) in [6, 6.07) is 10.8. The summed E-state index contributed by atoms with van der Waals surface area (Å²) in [6.45, 7) is 6.29. The molecule has 1 radical (unpaired) electrons. The van der Waals surface area contributed by atoms with Gasteiger partial charge in [-0.1, -0.05) is 63.4 Å². The Morgan fingerprint density at radius 3 is 2.43 bits per heavy atom. The van der Waals surface area contributed by atoms with E-state index >= 15 is 0 Å². The minimum absolute atomic E-state index is 0.669. The van der Waals surface area contributed by atoms with Gasteiger partial charge in [0.15, 0.2) is 0 Å². The van der Waals surface area contributed by atoms with Gasteiger partial charge in [0.05, 0.1) is 0 Å². The van der Waals surface area contributed by atoms with Crippen LogP contribution >= 0.6 is 0 Å². The lowest BCUT2D eigenvalue weighted by Crippen LogP contribution is -1.97. The summed E-state index contributed by atoms with van der Waals surface area (Å²) < 4.78 is 0. The summed E-state index contributed by atoms with van der Waals surface area (Å²) in [5.41, 5.74) is 1.46. The highest BCUT2D eigenvalue weighted by atomic mass is 14.1. The summed E-state index contributed by atoms with van der Waals surface area (Å²) in [5.74, 6) is 0.669. The molecule has 0 aromatic heterocycles. The molecule has 0 heteroatoms. The molecule has 1 unspecified atom stereocenters. The van der Waals surface area contributed by atoms with Crippen molar-refractivity contribution >= 4 is 0 Å². The van der Waals surface area contributed by atoms with Crippen LogP contribution in [0.25, 0.3) is 0 Å². The molecule has 1 aromatic carbocycles. The fourth-order valence-electron chi connectivity index (χ4n) is 1.84. The Kier molecular flexibility index (Phi) is 5.36. The topological polar surface area (TPSA) is 0 Å². The van der Waals surface area contributed by atoms with E-state index in [4.69, 9.17) is 0 Å². The maximum absolute atomic E-state index is 4.04. The molecule has 1 aromatic rings. The normalized spacial score (nSPS) is 12.7. The summed E-state index contributed by atoms with van der Waals surface area (Å²) in [4.78, 5) is 0. The Morgan fingerprint density at radius 2 is 1.86 bits per heavy atom. The molecule has 0 nitrogen and oxygen atoms in total. The predicted molar refractivity (Wildman–Crippen MR) is 63.3 cm³/mol. The van der Waals surface area contributed by atoms with E-state index in [1.807, 2.05) is 0 Å². The van der Waals surface area contributed by atoms with E-state index in [2.05, 4.69) is 44.2 Å². The average molecular weight is 189 g/mol. The number of hydrogen-bond donors (Lipinski definition) is 0. The molecule has 14 heavy (non-hydrogen) atoms. The van der Waals surface area contributed by atoms with Crippen LogP contribution < -0.4 is 0 Å². The molecule has 77 valence electrons. The van der Waals surface area contributed by atoms with E-state index in [9.17, 15) is 0 Å². The van der Waals surface area contributed by atoms with Crippen LogP contribution in [0.2, 0.25) is 0 Å². The van der Waals surface area contributed by atoms with E-state index < -0.39 is 0 Å². The Labute approximate surface area is 88.4 Å². The molecule has 0 N–H and O–H groups in total. The zero-order valence-electron chi connectivity index (χ0n) is 9.21. The fraction of sp³-hybridized carbons (Fsp3) is 0.500. The van der Waals surface area contributed by atoms with Gasteiger partial charge in [-0.15, -0.1) is 0 Å². The average Bonchev–Trinajstić information content (AvgIpc) is 2.26. The first kappa shape index (κ1) is 11.3. The molecule has 0 aliphatic carbocycles. The van der Waals surface area contributed by atoms with E-state index in [-0.39, 0.29) is 0 Å². The highest BCUT2D eigenvalue weighted by molar-refractivity contribution is 5.19. The Morgan fingerprint density at radius 1 is 1.14 bits per heavy atom. The Bertz CT molecular complexity index is 225. The molecule has 0 saturated carbocycles. The summed E-state index contributed by atoms with van der Waals surface area (Å²) in [5, 5.41) is 0. The standard InChI is InChI=1S/C14H21/c1-3-5-7-10-13(4-2)14-11-8-6-9-12-14/h6,8-9,11-13H,2-5,7,10H2,1H3. The molecule has 0 spiro atoms. The molecule has 0 aliphatic rings. The zero-order valence-corrected chi connectivity index (χ0v) is 9.21. The Hall–Kier alpha value is -0.780. The monoisotopic (exact) mass is 189 g/mol. The summed E-state index contributed by atoms with van der Waals surface area (Å²) in [6.07, 6.45) is 6.31. The molecule has 0 heterocycles. The van der Waals surface area contributed by atoms with Crippen molar-refractivity contribution in [2.75, 3.05) is 0 Å². The van der Waals surface area contributed by atoms with Crippen LogP contribution in [0.5, 0.6) is 0 Å². The van der Waals surface area contributed by atoms with Gasteiger partial charge in [-0.2, -0.15) is 0 Å². The van der Waals surface area contributed by atoms with Crippen molar-refractivity contribution in [3.8, 4) is 0 Å². The fourth-order valence-corrected chi connectivity index (χ4v) is 1.84. The second-order valence-corrected chi connectivity index (χ2v) is 3.89. The molecular weight excluding hydrogens is 168 g/mol. The molecule has 0 aliphatic heterocycles. The van der Waals surface area contributed by atoms with Crippen LogP contribution in [-0.2, 0) is 0 Å². The summed E-state index contributed by atoms with van der Waals surface area (Å²) in [7, 11) is 0. The maximum atomic E-state index is 4.04. The lowest BCUT2D eigenvalue weighted by molar-refractivity contribution is 0.569. The third-order valence-corrected chi connectivity index (χ3v) is 2.78. The van der Waals surface area contributed by atoms with Gasteiger partial charge in [0.25, 0.3) is 0 Å². The van der Waals surface area contributed by atoms with Gasteiger partial charge in [0.2, 0.25) is 0 Å². The molecule has 0 amide bonds. The Balaban J connectivity index is 2.46. The smallest absolute Gasteiger partial charge is 0.0162 e. The highest BCUT2D eigenvalue weighted by Gasteiger charge is 2.07. The molecule has 1 rings (SSSR count).